The van der Waals surface area contributed by atoms with Crippen LogP contribution in [0.1, 0.15) is 26.7 Å². The Hall–Kier alpha value is -0.720. The summed E-state index contributed by atoms with van der Waals surface area (Å²) in [4.78, 5) is -0.299. The van der Waals surface area contributed by atoms with Crippen LogP contribution in [0.2, 0.25) is 0 Å². The van der Waals surface area contributed by atoms with Gasteiger partial charge in [-0.05, 0) is 36.5 Å². The van der Waals surface area contributed by atoms with Crippen LogP contribution in [0, 0.1) is 17.0 Å². The molecule has 0 unspecified atom stereocenters. The molecule has 1 rings (SSSR count). The molecule has 7 heteroatoms. The first-order valence-electron chi connectivity index (χ1n) is 6.31. The molecule has 0 saturated carbocycles. The fraction of sp³-hybridized carbons (Fsp3) is 0.538. The van der Waals surface area contributed by atoms with Crippen molar-refractivity contribution in [3.05, 3.63) is 29.8 Å². The van der Waals surface area contributed by atoms with Crippen molar-refractivity contribution < 1.29 is 17.2 Å². The smallest absolute Gasteiger partial charge is 0.211 e. The van der Waals surface area contributed by atoms with Gasteiger partial charge < -0.3 is 0 Å². The standard InChI is InChI=1S/C13H18ClF2NO2S/c1-3-13(4-2,8-14)9-17-20(18,19)10-5-6-11(15)12(16)7-10/h5-7,17H,3-4,8-9H2,1-2H3. The minimum Gasteiger partial charge on any atom is -0.211 e. The van der Waals surface area contributed by atoms with Gasteiger partial charge in [-0.1, -0.05) is 13.8 Å². The Labute approximate surface area is 123 Å². The van der Waals surface area contributed by atoms with E-state index in [0.717, 1.165) is 12.1 Å². The van der Waals surface area contributed by atoms with Crippen molar-refractivity contribution in [1.82, 2.24) is 4.72 Å². The third-order valence-electron chi connectivity index (χ3n) is 3.62. The summed E-state index contributed by atoms with van der Waals surface area (Å²) in [5.41, 5.74) is -0.340. The van der Waals surface area contributed by atoms with Crippen molar-refractivity contribution in [3.63, 3.8) is 0 Å². The van der Waals surface area contributed by atoms with E-state index in [4.69, 9.17) is 11.6 Å². The molecule has 0 atom stereocenters. The SMILES string of the molecule is CCC(CC)(CCl)CNS(=O)(=O)c1ccc(F)c(F)c1. The molecule has 0 bridgehead atoms. The minimum atomic E-state index is -3.88. The van der Waals surface area contributed by atoms with Crippen molar-refractivity contribution >= 4 is 21.6 Å². The molecule has 0 saturated heterocycles. The monoisotopic (exact) mass is 325 g/mol. The first-order valence-corrected chi connectivity index (χ1v) is 8.32. The van der Waals surface area contributed by atoms with Crippen LogP contribution in [0.15, 0.2) is 23.1 Å². The molecule has 0 aliphatic heterocycles. The van der Waals surface area contributed by atoms with Crippen LogP contribution in [0.3, 0.4) is 0 Å². The highest BCUT2D eigenvalue weighted by molar-refractivity contribution is 7.89. The molecule has 0 heterocycles. The van der Waals surface area contributed by atoms with Gasteiger partial charge in [-0.25, -0.2) is 21.9 Å². The van der Waals surface area contributed by atoms with Gasteiger partial charge in [-0.3, -0.25) is 0 Å². The lowest BCUT2D eigenvalue weighted by Gasteiger charge is -2.29. The first kappa shape index (κ1) is 17.3. The first-order chi connectivity index (χ1) is 9.30. The number of nitrogens with one attached hydrogen (secondary N) is 1. The van der Waals surface area contributed by atoms with Crippen LogP contribution in [-0.2, 0) is 10.0 Å². The molecule has 0 fully saturated rings. The molecule has 0 amide bonds. The van der Waals surface area contributed by atoms with E-state index in [2.05, 4.69) is 4.72 Å². The Morgan fingerprint density at radius 1 is 1.20 bits per heavy atom. The molecule has 20 heavy (non-hydrogen) atoms. The number of hydrogen-bond acceptors (Lipinski definition) is 2. The summed E-state index contributed by atoms with van der Waals surface area (Å²) in [6.45, 7) is 4.01. The fourth-order valence-corrected chi connectivity index (χ4v) is 3.35. The Morgan fingerprint density at radius 3 is 2.25 bits per heavy atom. The van der Waals surface area contributed by atoms with Crippen molar-refractivity contribution in [2.75, 3.05) is 12.4 Å². The van der Waals surface area contributed by atoms with E-state index < -0.39 is 21.7 Å². The maximum absolute atomic E-state index is 13.1. The quantitative estimate of drug-likeness (QED) is 0.782. The van der Waals surface area contributed by atoms with Crippen LogP contribution in [-0.4, -0.2) is 20.8 Å². The zero-order valence-corrected chi connectivity index (χ0v) is 13.0. The molecule has 3 nitrogen and oxygen atoms in total. The number of hydrogen-bond donors (Lipinski definition) is 1. The number of sulfonamides is 1. The number of halogens is 3. The van der Waals surface area contributed by atoms with Crippen molar-refractivity contribution in [1.29, 1.82) is 0 Å². The average molecular weight is 326 g/mol. The second-order valence-electron chi connectivity index (χ2n) is 4.74. The summed E-state index contributed by atoms with van der Waals surface area (Å²) in [5, 5.41) is 0. The molecule has 1 N–H and O–H groups in total. The molecule has 0 aliphatic carbocycles. The van der Waals surface area contributed by atoms with E-state index in [0.29, 0.717) is 24.8 Å². The van der Waals surface area contributed by atoms with Crippen LogP contribution < -0.4 is 4.72 Å². The predicted octanol–water partition coefficient (Wildman–Crippen LogP) is 3.29. The van der Waals surface area contributed by atoms with E-state index in [1.807, 2.05) is 13.8 Å². The average Bonchev–Trinajstić information content (AvgIpc) is 2.44. The highest BCUT2D eigenvalue weighted by atomic mass is 35.5. The Kier molecular flexibility index (Phi) is 5.91. The Balaban J connectivity index is 2.92. The molecule has 0 spiro atoms. The second kappa shape index (κ2) is 6.83. The van der Waals surface area contributed by atoms with Gasteiger partial charge in [0.25, 0.3) is 0 Å². The van der Waals surface area contributed by atoms with Gasteiger partial charge in [0.1, 0.15) is 0 Å². The van der Waals surface area contributed by atoms with E-state index in [1.54, 1.807) is 0 Å². The third kappa shape index (κ3) is 3.90. The van der Waals surface area contributed by atoms with Gasteiger partial charge in [0, 0.05) is 12.4 Å². The van der Waals surface area contributed by atoms with Crippen molar-refractivity contribution in [2.45, 2.75) is 31.6 Å². The lowest BCUT2D eigenvalue weighted by molar-refractivity contribution is 0.304. The Morgan fingerprint density at radius 2 is 1.80 bits per heavy atom. The zero-order chi connectivity index (χ0) is 15.4. The van der Waals surface area contributed by atoms with Crippen LogP contribution >= 0.6 is 11.6 Å². The highest BCUT2D eigenvalue weighted by Gasteiger charge is 2.28. The van der Waals surface area contributed by atoms with Gasteiger partial charge in [0.05, 0.1) is 4.90 Å². The molecular formula is C13H18ClF2NO2S. The minimum absolute atomic E-state index is 0.158. The van der Waals surface area contributed by atoms with Gasteiger partial charge in [-0.15, -0.1) is 11.6 Å². The molecule has 114 valence electrons. The third-order valence-corrected chi connectivity index (χ3v) is 5.59. The van der Waals surface area contributed by atoms with Gasteiger partial charge >= 0.3 is 0 Å². The molecule has 1 aromatic rings. The largest absolute Gasteiger partial charge is 0.240 e. The van der Waals surface area contributed by atoms with E-state index >= 15 is 0 Å². The van der Waals surface area contributed by atoms with E-state index in [1.165, 1.54) is 0 Å². The van der Waals surface area contributed by atoms with Gasteiger partial charge in [0.15, 0.2) is 11.6 Å². The van der Waals surface area contributed by atoms with Crippen LogP contribution in [0.4, 0.5) is 8.78 Å². The molecule has 0 radical (unpaired) electrons. The Bertz CT molecular complexity index is 551. The van der Waals surface area contributed by atoms with Gasteiger partial charge in [0.2, 0.25) is 10.0 Å². The lowest BCUT2D eigenvalue weighted by Crippen LogP contribution is -2.38. The molecule has 0 aliphatic rings. The van der Waals surface area contributed by atoms with E-state index in [-0.39, 0.29) is 16.9 Å². The fourth-order valence-electron chi connectivity index (χ4n) is 1.71. The van der Waals surface area contributed by atoms with Crippen molar-refractivity contribution in [2.24, 2.45) is 5.41 Å². The maximum Gasteiger partial charge on any atom is 0.240 e. The normalized spacial score (nSPS) is 12.7. The number of alkyl halides is 1. The summed E-state index contributed by atoms with van der Waals surface area (Å²) in [5.74, 6) is -1.95. The molecular weight excluding hydrogens is 308 g/mol. The second-order valence-corrected chi connectivity index (χ2v) is 6.78. The summed E-state index contributed by atoms with van der Waals surface area (Å²) in [6.07, 6.45) is 1.43. The molecule has 0 aromatic heterocycles. The summed E-state index contributed by atoms with van der Waals surface area (Å²) in [7, 11) is -3.88. The highest BCUT2D eigenvalue weighted by Crippen LogP contribution is 2.27. The van der Waals surface area contributed by atoms with Gasteiger partial charge in [-0.2, -0.15) is 0 Å². The number of rotatable bonds is 7. The van der Waals surface area contributed by atoms with Crippen LogP contribution in [0.5, 0.6) is 0 Å². The summed E-state index contributed by atoms with van der Waals surface area (Å²) < 4.78 is 52.4. The zero-order valence-electron chi connectivity index (χ0n) is 11.4. The lowest BCUT2D eigenvalue weighted by atomic mass is 9.85. The topological polar surface area (TPSA) is 46.2 Å². The summed E-state index contributed by atoms with van der Waals surface area (Å²) >= 11 is 5.90. The molecule has 1 aromatic carbocycles. The summed E-state index contributed by atoms with van der Waals surface area (Å²) in [6, 6.07) is 2.48. The van der Waals surface area contributed by atoms with Crippen LogP contribution in [0.25, 0.3) is 0 Å². The maximum atomic E-state index is 13.1. The number of benzene rings is 1. The predicted molar refractivity (Wildman–Crippen MR) is 75.3 cm³/mol. The van der Waals surface area contributed by atoms with E-state index in [9.17, 15) is 17.2 Å². The van der Waals surface area contributed by atoms with Crippen molar-refractivity contribution in [3.8, 4) is 0 Å².